The van der Waals surface area contributed by atoms with Crippen molar-refractivity contribution in [1.82, 2.24) is 5.32 Å². The van der Waals surface area contributed by atoms with Crippen molar-refractivity contribution in [3.05, 3.63) is 24.3 Å². The Morgan fingerprint density at radius 3 is 2.57 bits per heavy atom. The van der Waals surface area contributed by atoms with Crippen LogP contribution in [-0.2, 0) is 4.79 Å². The summed E-state index contributed by atoms with van der Waals surface area (Å²) in [5.41, 5.74) is 2.22. The van der Waals surface area contributed by atoms with Crippen molar-refractivity contribution in [3.63, 3.8) is 0 Å². The van der Waals surface area contributed by atoms with E-state index in [9.17, 15) is 4.79 Å². The van der Waals surface area contributed by atoms with Gasteiger partial charge in [-0.3, -0.25) is 4.79 Å². The number of nitrogens with one attached hydrogen (secondary N) is 1. The second kappa shape index (κ2) is 7.87. The molecule has 3 rings (SSSR count). The maximum absolute atomic E-state index is 12.7. The lowest BCUT2D eigenvalue weighted by Gasteiger charge is -2.38. The highest BCUT2D eigenvalue weighted by Gasteiger charge is 2.30. The molecule has 1 atom stereocenters. The number of carbonyl (C=O) groups excluding carboxylic acids is 1. The number of anilines is 2. The van der Waals surface area contributed by atoms with Gasteiger partial charge in [-0.15, -0.1) is 24.8 Å². The number of amides is 1. The zero-order valence-corrected chi connectivity index (χ0v) is 13.9. The molecule has 0 aliphatic carbocycles. The van der Waals surface area contributed by atoms with Crippen LogP contribution in [0.25, 0.3) is 0 Å². The van der Waals surface area contributed by atoms with E-state index in [4.69, 9.17) is 0 Å². The average Bonchev–Trinajstić information content (AvgIpc) is 2.48. The number of hydrogen-bond acceptors (Lipinski definition) is 3. The van der Waals surface area contributed by atoms with Crippen LogP contribution in [0.3, 0.4) is 0 Å². The molecule has 0 aromatic heterocycles. The number of carbonyl (C=O) groups is 1. The molecule has 1 fully saturated rings. The monoisotopic (exact) mass is 331 g/mol. The third-order valence-corrected chi connectivity index (χ3v) is 4.15. The molecular formula is C15H23Cl2N3O. The van der Waals surface area contributed by atoms with Crippen molar-refractivity contribution in [2.24, 2.45) is 5.92 Å². The maximum Gasteiger partial charge on any atom is 0.231 e. The van der Waals surface area contributed by atoms with Gasteiger partial charge in [-0.05, 0) is 31.5 Å². The molecule has 2 aliphatic heterocycles. The number of likely N-dealkylation sites (N-methyl/N-ethyl adjacent to an activating group) is 1. The minimum absolute atomic E-state index is 0. The van der Waals surface area contributed by atoms with Gasteiger partial charge >= 0.3 is 0 Å². The van der Waals surface area contributed by atoms with E-state index in [1.54, 1.807) is 0 Å². The first-order chi connectivity index (χ1) is 9.27. The van der Waals surface area contributed by atoms with E-state index in [0.717, 1.165) is 50.4 Å². The van der Waals surface area contributed by atoms with Crippen molar-refractivity contribution in [1.29, 1.82) is 0 Å². The highest BCUT2D eigenvalue weighted by atomic mass is 35.5. The minimum Gasteiger partial charge on any atom is -0.371 e. The quantitative estimate of drug-likeness (QED) is 0.857. The van der Waals surface area contributed by atoms with E-state index < -0.39 is 0 Å². The predicted octanol–water partition coefficient (Wildman–Crippen LogP) is 2.31. The fourth-order valence-corrected chi connectivity index (χ4v) is 3.02. The Kier molecular flexibility index (Phi) is 6.78. The number of benzene rings is 1. The van der Waals surface area contributed by atoms with Gasteiger partial charge in [0.15, 0.2) is 0 Å². The van der Waals surface area contributed by atoms with Crippen LogP contribution in [0.5, 0.6) is 0 Å². The molecular weight excluding hydrogens is 309 g/mol. The lowest BCUT2D eigenvalue weighted by Crippen LogP contribution is -2.48. The summed E-state index contributed by atoms with van der Waals surface area (Å²) in [4.78, 5) is 16.9. The summed E-state index contributed by atoms with van der Waals surface area (Å²) in [7, 11) is 2.09. The van der Waals surface area contributed by atoms with Gasteiger partial charge in [0, 0.05) is 26.7 Å². The third kappa shape index (κ3) is 3.62. The van der Waals surface area contributed by atoms with E-state index in [1.807, 2.05) is 17.0 Å². The number of halogens is 2. The third-order valence-electron chi connectivity index (χ3n) is 4.15. The van der Waals surface area contributed by atoms with E-state index in [0.29, 0.717) is 0 Å². The lowest BCUT2D eigenvalue weighted by atomic mass is 9.97. The van der Waals surface area contributed by atoms with E-state index in [1.165, 1.54) is 0 Å². The largest absolute Gasteiger partial charge is 0.371 e. The topological polar surface area (TPSA) is 35.6 Å². The molecule has 6 heteroatoms. The zero-order valence-electron chi connectivity index (χ0n) is 12.2. The lowest BCUT2D eigenvalue weighted by molar-refractivity contribution is -0.122. The van der Waals surface area contributed by atoms with E-state index >= 15 is 0 Å². The summed E-state index contributed by atoms with van der Waals surface area (Å²) in [6.45, 7) is 3.57. The SMILES string of the molecule is CN1CCN(C(=O)C2CCCNC2)c2ccccc21.Cl.Cl. The molecule has 21 heavy (non-hydrogen) atoms. The highest BCUT2D eigenvalue weighted by Crippen LogP contribution is 2.33. The summed E-state index contributed by atoms with van der Waals surface area (Å²) in [5, 5.41) is 3.33. The number of rotatable bonds is 1. The number of fused-ring (bicyclic) bond motifs is 1. The standard InChI is InChI=1S/C15H21N3O.2ClH/c1-17-9-10-18(14-7-3-2-6-13(14)17)15(19)12-5-4-8-16-11-12;;/h2-3,6-7,12,16H,4-5,8-11H2,1H3;2*1H. The van der Waals surface area contributed by atoms with Crippen LogP contribution >= 0.6 is 24.8 Å². The molecule has 0 spiro atoms. The number of piperidine rings is 1. The van der Waals surface area contributed by atoms with Gasteiger partial charge in [0.2, 0.25) is 5.91 Å². The molecule has 4 nitrogen and oxygen atoms in total. The van der Waals surface area contributed by atoms with E-state index in [2.05, 4.69) is 29.4 Å². The average molecular weight is 332 g/mol. The summed E-state index contributed by atoms with van der Waals surface area (Å²) in [5.74, 6) is 0.429. The Morgan fingerprint density at radius 1 is 1.19 bits per heavy atom. The molecule has 1 amide bonds. The van der Waals surface area contributed by atoms with Crippen LogP contribution in [0.15, 0.2) is 24.3 Å². The van der Waals surface area contributed by atoms with Gasteiger partial charge < -0.3 is 15.1 Å². The molecule has 0 radical (unpaired) electrons. The van der Waals surface area contributed by atoms with Crippen LogP contribution < -0.4 is 15.1 Å². The summed E-state index contributed by atoms with van der Waals surface area (Å²) < 4.78 is 0. The first kappa shape index (κ1) is 18.1. The second-order valence-electron chi connectivity index (χ2n) is 5.44. The fourth-order valence-electron chi connectivity index (χ4n) is 3.02. The van der Waals surface area contributed by atoms with Gasteiger partial charge in [-0.2, -0.15) is 0 Å². The fraction of sp³-hybridized carbons (Fsp3) is 0.533. The molecule has 1 aromatic carbocycles. The number of para-hydroxylation sites is 2. The molecule has 0 bridgehead atoms. The Morgan fingerprint density at radius 2 is 1.90 bits per heavy atom. The van der Waals surface area contributed by atoms with Crippen LogP contribution in [0.2, 0.25) is 0 Å². The van der Waals surface area contributed by atoms with Gasteiger partial charge in [0.1, 0.15) is 0 Å². The zero-order chi connectivity index (χ0) is 13.2. The predicted molar refractivity (Wildman–Crippen MR) is 92.2 cm³/mol. The molecule has 2 heterocycles. The maximum atomic E-state index is 12.7. The molecule has 0 saturated carbocycles. The molecule has 2 aliphatic rings. The number of hydrogen-bond donors (Lipinski definition) is 1. The Bertz CT molecular complexity index is 478. The van der Waals surface area contributed by atoms with Crippen LogP contribution in [0, 0.1) is 5.92 Å². The Balaban J connectivity index is 0.00000110. The first-order valence-electron chi connectivity index (χ1n) is 7.09. The van der Waals surface area contributed by atoms with Crippen molar-refractivity contribution in [2.45, 2.75) is 12.8 Å². The molecule has 1 aromatic rings. The van der Waals surface area contributed by atoms with Gasteiger partial charge in [0.25, 0.3) is 0 Å². The summed E-state index contributed by atoms with van der Waals surface area (Å²) >= 11 is 0. The van der Waals surface area contributed by atoms with Crippen molar-refractivity contribution in [3.8, 4) is 0 Å². The van der Waals surface area contributed by atoms with Crippen LogP contribution in [-0.4, -0.2) is 39.1 Å². The summed E-state index contributed by atoms with van der Waals surface area (Å²) in [6.07, 6.45) is 2.12. The first-order valence-corrected chi connectivity index (χ1v) is 7.09. The van der Waals surface area contributed by atoms with Gasteiger partial charge in [-0.25, -0.2) is 0 Å². The normalized spacial score (nSPS) is 20.9. The molecule has 1 saturated heterocycles. The summed E-state index contributed by atoms with van der Waals surface area (Å²) in [6, 6.07) is 8.19. The Hall–Kier alpha value is -0.970. The van der Waals surface area contributed by atoms with Crippen molar-refractivity contribution < 1.29 is 4.79 Å². The van der Waals surface area contributed by atoms with Crippen molar-refractivity contribution in [2.75, 3.05) is 43.0 Å². The van der Waals surface area contributed by atoms with Crippen LogP contribution in [0.1, 0.15) is 12.8 Å². The second-order valence-corrected chi connectivity index (χ2v) is 5.44. The van der Waals surface area contributed by atoms with Crippen molar-refractivity contribution >= 4 is 42.1 Å². The van der Waals surface area contributed by atoms with Gasteiger partial charge in [-0.1, -0.05) is 12.1 Å². The van der Waals surface area contributed by atoms with E-state index in [-0.39, 0.29) is 36.6 Å². The molecule has 118 valence electrons. The minimum atomic E-state index is 0. The van der Waals surface area contributed by atoms with Crippen LogP contribution in [0.4, 0.5) is 11.4 Å². The highest BCUT2D eigenvalue weighted by molar-refractivity contribution is 5.99. The molecule has 1 N–H and O–H groups in total. The Labute approximate surface area is 138 Å². The van der Waals surface area contributed by atoms with Gasteiger partial charge in [0.05, 0.1) is 17.3 Å². The number of nitrogens with zero attached hydrogens (tertiary/aromatic N) is 2. The molecule has 1 unspecified atom stereocenters. The smallest absolute Gasteiger partial charge is 0.231 e.